The Balaban J connectivity index is 2.16. The van der Waals surface area contributed by atoms with Gasteiger partial charge in [-0.05, 0) is 88.4 Å². The van der Waals surface area contributed by atoms with Crippen LogP contribution in [0.25, 0.3) is 27.6 Å². The van der Waals surface area contributed by atoms with E-state index in [9.17, 15) is 9.90 Å². The van der Waals surface area contributed by atoms with E-state index in [1.165, 1.54) is 0 Å². The second-order valence-electron chi connectivity index (χ2n) is 9.64. The Morgan fingerprint density at radius 3 is 2.66 bits per heavy atom. The summed E-state index contributed by atoms with van der Waals surface area (Å²) in [5, 5.41) is 11.0. The summed E-state index contributed by atoms with van der Waals surface area (Å²) in [6, 6.07) is 9.25. The van der Waals surface area contributed by atoms with Crippen LogP contribution in [0, 0.1) is 6.92 Å². The smallest absolute Gasteiger partial charge is 0.337 e. The molecule has 0 fully saturated rings. The minimum Gasteiger partial charge on any atom is -0.493 e. The number of aromatic nitrogens is 1. The minimum atomic E-state index is -1.21. The summed E-state index contributed by atoms with van der Waals surface area (Å²) in [6.07, 6.45) is 1.60. The van der Waals surface area contributed by atoms with Crippen LogP contribution >= 0.6 is 0 Å². The normalized spacial score (nSPS) is 15.5. The summed E-state index contributed by atoms with van der Waals surface area (Å²) in [7, 11) is 0. The number of benzene rings is 2. The van der Waals surface area contributed by atoms with Gasteiger partial charge in [0.25, 0.3) is 0 Å². The summed E-state index contributed by atoms with van der Waals surface area (Å²) in [5.74, 6) is 0.0427. The van der Waals surface area contributed by atoms with Crippen molar-refractivity contribution in [2.24, 2.45) is 4.99 Å². The number of nitrogens with two attached hydrogens (primary N) is 1. The molecule has 182 valence electrons. The molecular formula is C28H31N3O4. The van der Waals surface area contributed by atoms with Crippen LogP contribution in [0.5, 0.6) is 5.75 Å². The lowest BCUT2D eigenvalue weighted by Gasteiger charge is -2.29. The van der Waals surface area contributed by atoms with E-state index in [1.54, 1.807) is 6.07 Å². The van der Waals surface area contributed by atoms with Crippen molar-refractivity contribution in [3.8, 4) is 16.9 Å². The standard InChI is InChI=1S/C28H31N3O4/c1-7-16-12-13-34-20-10-8-18(25(30-6)23(16)20)24-17-9-11-21(29)31-19(17)14-15(2)22(24)26(27(32)33)35-28(3,4)5/h7-11,14,26H,6,12-13H2,1-5H3,(H2,29,31)(H,32,33). The number of nitrogens with zero attached hydrogens (tertiary/aromatic N) is 2. The van der Waals surface area contributed by atoms with Crippen LogP contribution in [0.1, 0.15) is 56.9 Å². The number of fused-ring (bicyclic) bond motifs is 2. The molecular weight excluding hydrogens is 442 g/mol. The third kappa shape index (κ3) is 4.51. The zero-order valence-electron chi connectivity index (χ0n) is 20.8. The Morgan fingerprint density at radius 2 is 2.03 bits per heavy atom. The Bertz CT molecular complexity index is 1370. The fourth-order valence-electron chi connectivity index (χ4n) is 4.71. The van der Waals surface area contributed by atoms with E-state index in [4.69, 9.17) is 15.2 Å². The number of carboxylic acids is 1. The van der Waals surface area contributed by atoms with E-state index in [0.717, 1.165) is 39.8 Å². The van der Waals surface area contributed by atoms with Crippen LogP contribution in [0.4, 0.5) is 11.5 Å². The molecule has 1 aliphatic heterocycles. The van der Waals surface area contributed by atoms with E-state index in [1.807, 2.05) is 58.9 Å². The molecule has 1 unspecified atom stereocenters. The second kappa shape index (κ2) is 9.15. The van der Waals surface area contributed by atoms with E-state index >= 15 is 0 Å². The SMILES string of the molecule is C=Nc1c(-c2c(C(OC(C)(C)C)C(=O)O)c(C)cc3nc(N)ccc23)ccc2c1C(=CC)CCO2. The van der Waals surface area contributed by atoms with E-state index in [-0.39, 0.29) is 0 Å². The first kappa shape index (κ1) is 24.4. The third-order valence-electron chi connectivity index (χ3n) is 6.09. The van der Waals surface area contributed by atoms with Crippen molar-refractivity contribution in [2.45, 2.75) is 52.7 Å². The number of hydrogen-bond donors (Lipinski definition) is 2. The minimum absolute atomic E-state index is 0.383. The fourth-order valence-corrected chi connectivity index (χ4v) is 4.71. The highest BCUT2D eigenvalue weighted by molar-refractivity contribution is 6.04. The van der Waals surface area contributed by atoms with Crippen LogP contribution in [0.15, 0.2) is 41.4 Å². The van der Waals surface area contributed by atoms with Gasteiger partial charge in [-0.2, -0.15) is 0 Å². The number of carboxylic acid groups (broad SMARTS) is 1. The Hall–Kier alpha value is -3.71. The van der Waals surface area contributed by atoms with Gasteiger partial charge in [0.1, 0.15) is 11.6 Å². The Morgan fingerprint density at radius 1 is 1.29 bits per heavy atom. The number of pyridine rings is 1. The molecule has 0 spiro atoms. The number of ether oxygens (including phenoxy) is 2. The van der Waals surface area contributed by atoms with Crippen molar-refractivity contribution < 1.29 is 19.4 Å². The van der Waals surface area contributed by atoms with Crippen molar-refractivity contribution in [1.82, 2.24) is 4.98 Å². The Labute approximate surface area is 205 Å². The van der Waals surface area contributed by atoms with E-state index in [0.29, 0.717) is 34.8 Å². The third-order valence-corrected chi connectivity index (χ3v) is 6.09. The van der Waals surface area contributed by atoms with Gasteiger partial charge >= 0.3 is 5.97 Å². The number of aliphatic carboxylic acids is 1. The summed E-state index contributed by atoms with van der Waals surface area (Å²) in [5.41, 5.74) is 11.3. The Kier molecular flexibility index (Phi) is 6.38. The number of nitrogen functional groups attached to an aromatic ring is 1. The number of rotatable bonds is 5. The van der Waals surface area contributed by atoms with Gasteiger partial charge in [0.15, 0.2) is 6.10 Å². The highest BCUT2D eigenvalue weighted by atomic mass is 16.5. The highest BCUT2D eigenvalue weighted by Crippen LogP contribution is 2.49. The first-order valence-electron chi connectivity index (χ1n) is 11.6. The average molecular weight is 474 g/mol. The number of carbonyl (C=O) groups is 1. The van der Waals surface area contributed by atoms with Gasteiger partial charge in [-0.25, -0.2) is 9.78 Å². The predicted octanol–water partition coefficient (Wildman–Crippen LogP) is 6.25. The summed E-state index contributed by atoms with van der Waals surface area (Å²) >= 11 is 0. The van der Waals surface area contributed by atoms with E-state index < -0.39 is 17.7 Å². The fraction of sp³-hybridized carbons (Fsp3) is 0.321. The maximum absolute atomic E-state index is 12.6. The molecule has 2 aromatic carbocycles. The quantitative estimate of drug-likeness (QED) is 0.424. The summed E-state index contributed by atoms with van der Waals surface area (Å²) in [6.45, 7) is 13.8. The van der Waals surface area contributed by atoms with Gasteiger partial charge in [-0.3, -0.25) is 4.99 Å². The molecule has 3 aromatic rings. The van der Waals surface area contributed by atoms with Crippen molar-refractivity contribution in [3.63, 3.8) is 0 Å². The molecule has 4 rings (SSSR count). The largest absolute Gasteiger partial charge is 0.493 e. The highest BCUT2D eigenvalue weighted by Gasteiger charge is 2.33. The molecule has 0 radical (unpaired) electrons. The van der Waals surface area contributed by atoms with Crippen molar-refractivity contribution in [3.05, 3.63) is 53.1 Å². The molecule has 7 heteroatoms. The van der Waals surface area contributed by atoms with Crippen LogP contribution in [0.3, 0.4) is 0 Å². The maximum Gasteiger partial charge on any atom is 0.337 e. The maximum atomic E-state index is 12.6. The molecule has 0 saturated carbocycles. The van der Waals surface area contributed by atoms with Gasteiger partial charge in [0, 0.05) is 28.5 Å². The summed E-state index contributed by atoms with van der Waals surface area (Å²) in [4.78, 5) is 21.5. The summed E-state index contributed by atoms with van der Waals surface area (Å²) < 4.78 is 12.0. The van der Waals surface area contributed by atoms with Gasteiger partial charge in [-0.1, -0.05) is 6.08 Å². The first-order valence-corrected chi connectivity index (χ1v) is 11.6. The number of allylic oxidation sites excluding steroid dienone is 1. The van der Waals surface area contributed by atoms with Gasteiger partial charge in [0.2, 0.25) is 0 Å². The molecule has 0 bridgehead atoms. The van der Waals surface area contributed by atoms with Crippen molar-refractivity contribution in [1.29, 1.82) is 0 Å². The monoisotopic (exact) mass is 473 g/mol. The van der Waals surface area contributed by atoms with Crippen LogP contribution in [0.2, 0.25) is 0 Å². The van der Waals surface area contributed by atoms with Crippen LogP contribution < -0.4 is 10.5 Å². The molecule has 0 amide bonds. The van der Waals surface area contributed by atoms with Crippen LogP contribution in [-0.4, -0.2) is 35.0 Å². The molecule has 7 nitrogen and oxygen atoms in total. The predicted molar refractivity (Wildman–Crippen MR) is 141 cm³/mol. The van der Waals surface area contributed by atoms with Gasteiger partial charge < -0.3 is 20.3 Å². The second-order valence-corrected chi connectivity index (χ2v) is 9.64. The van der Waals surface area contributed by atoms with Crippen molar-refractivity contribution in [2.75, 3.05) is 12.3 Å². The molecule has 35 heavy (non-hydrogen) atoms. The number of anilines is 1. The molecule has 3 N–H and O–H groups in total. The molecule has 0 saturated heterocycles. The number of hydrogen-bond acceptors (Lipinski definition) is 6. The topological polar surface area (TPSA) is 107 Å². The van der Waals surface area contributed by atoms with Crippen molar-refractivity contribution >= 4 is 40.7 Å². The average Bonchev–Trinajstić information content (AvgIpc) is 2.79. The molecule has 2 heterocycles. The molecule has 1 atom stereocenters. The van der Waals surface area contributed by atoms with Crippen LogP contribution in [-0.2, 0) is 9.53 Å². The van der Waals surface area contributed by atoms with Gasteiger partial charge in [-0.15, -0.1) is 0 Å². The number of aliphatic imine (C=N–C) groups is 1. The lowest BCUT2D eigenvalue weighted by atomic mass is 9.85. The molecule has 1 aromatic heterocycles. The lowest BCUT2D eigenvalue weighted by molar-refractivity contribution is -0.160. The van der Waals surface area contributed by atoms with Gasteiger partial charge in [0.05, 0.1) is 23.4 Å². The lowest BCUT2D eigenvalue weighted by Crippen LogP contribution is -2.28. The molecule has 1 aliphatic rings. The zero-order valence-corrected chi connectivity index (χ0v) is 20.8. The zero-order chi connectivity index (χ0) is 25.5. The number of aryl methyl sites for hydroxylation is 1. The first-order chi connectivity index (χ1) is 16.6. The van der Waals surface area contributed by atoms with E-state index in [2.05, 4.69) is 22.8 Å². The molecule has 0 aliphatic carbocycles.